The summed E-state index contributed by atoms with van der Waals surface area (Å²) in [4.78, 5) is 0. The van der Waals surface area contributed by atoms with Crippen LogP contribution in [0.15, 0.2) is 53.2 Å². The fourth-order valence-electron chi connectivity index (χ4n) is 1.20. The smallest absolute Gasteiger partial charge is 0.0622 e. The monoisotopic (exact) mass is 175 g/mol. The van der Waals surface area contributed by atoms with Crippen LogP contribution < -0.4 is 0 Å². The SMILES string of the molecule is c1ccc(C[s+]2cccc2)cc1. The molecule has 2 aromatic rings. The highest BCUT2D eigenvalue weighted by atomic mass is 32.2. The minimum atomic E-state index is 0.361. The van der Waals surface area contributed by atoms with Crippen LogP contribution in [0.3, 0.4) is 0 Å². The predicted octanol–water partition coefficient (Wildman–Crippen LogP) is 3.48. The quantitative estimate of drug-likeness (QED) is 0.613. The normalized spacial score (nSPS) is 10.0. The van der Waals surface area contributed by atoms with Crippen LogP contribution in [0.5, 0.6) is 0 Å². The summed E-state index contributed by atoms with van der Waals surface area (Å²) in [5.41, 5.74) is 1.43. The van der Waals surface area contributed by atoms with E-state index in [1.807, 2.05) is 0 Å². The summed E-state index contributed by atoms with van der Waals surface area (Å²) < 4.78 is 0. The molecule has 0 N–H and O–H groups in total. The van der Waals surface area contributed by atoms with E-state index in [-0.39, 0.29) is 0 Å². The van der Waals surface area contributed by atoms with Crippen LogP contribution in [0.2, 0.25) is 0 Å². The van der Waals surface area contributed by atoms with Gasteiger partial charge in [-0.2, -0.15) is 0 Å². The second kappa shape index (κ2) is 3.55. The van der Waals surface area contributed by atoms with Crippen molar-refractivity contribution in [2.75, 3.05) is 0 Å². The topological polar surface area (TPSA) is 0 Å². The Bertz CT molecular complexity index is 321. The minimum Gasteiger partial charge on any atom is -0.0622 e. The van der Waals surface area contributed by atoms with E-state index in [0.717, 1.165) is 5.75 Å². The molecule has 0 fully saturated rings. The van der Waals surface area contributed by atoms with E-state index in [1.54, 1.807) is 0 Å². The summed E-state index contributed by atoms with van der Waals surface area (Å²) in [5.74, 6) is 1.16. The highest BCUT2D eigenvalue weighted by molar-refractivity contribution is 7.27. The molecule has 2 rings (SSSR count). The van der Waals surface area contributed by atoms with E-state index in [9.17, 15) is 0 Å². The van der Waals surface area contributed by atoms with Gasteiger partial charge in [-0.05, 0) is 22.6 Å². The number of rotatable bonds is 2. The Balaban J connectivity index is 2.15. The summed E-state index contributed by atoms with van der Waals surface area (Å²) in [7, 11) is 0.361. The molecule has 1 heterocycles. The zero-order valence-corrected chi connectivity index (χ0v) is 7.63. The summed E-state index contributed by atoms with van der Waals surface area (Å²) in [6.45, 7) is 0. The predicted molar refractivity (Wildman–Crippen MR) is 54.5 cm³/mol. The molecule has 0 bridgehead atoms. The minimum absolute atomic E-state index is 0.361. The Morgan fingerprint density at radius 1 is 0.833 bits per heavy atom. The maximum atomic E-state index is 2.27. The van der Waals surface area contributed by atoms with Crippen LogP contribution >= 0.6 is 10.5 Å². The van der Waals surface area contributed by atoms with Crippen LogP contribution in [0.25, 0.3) is 0 Å². The van der Waals surface area contributed by atoms with E-state index >= 15 is 0 Å². The lowest BCUT2D eigenvalue weighted by Gasteiger charge is -1.90. The first-order valence-corrected chi connectivity index (χ1v) is 5.54. The van der Waals surface area contributed by atoms with Crippen LogP contribution in [-0.4, -0.2) is 0 Å². The lowest BCUT2D eigenvalue weighted by molar-refractivity contribution is 1.41. The molecule has 60 valence electrons. The van der Waals surface area contributed by atoms with Gasteiger partial charge in [-0.3, -0.25) is 0 Å². The van der Waals surface area contributed by atoms with Gasteiger partial charge in [-0.1, -0.05) is 30.3 Å². The van der Waals surface area contributed by atoms with Crippen molar-refractivity contribution in [2.24, 2.45) is 0 Å². The average Bonchev–Trinajstić information content (AvgIpc) is 2.59. The Morgan fingerprint density at radius 3 is 2.17 bits per heavy atom. The first kappa shape index (κ1) is 7.56. The highest BCUT2D eigenvalue weighted by Gasteiger charge is 2.01. The van der Waals surface area contributed by atoms with Crippen molar-refractivity contribution in [1.29, 1.82) is 0 Å². The fraction of sp³-hybridized carbons (Fsp3) is 0.0909. The van der Waals surface area contributed by atoms with Gasteiger partial charge in [0.2, 0.25) is 0 Å². The van der Waals surface area contributed by atoms with Crippen LogP contribution in [0.1, 0.15) is 5.56 Å². The Kier molecular flexibility index (Phi) is 2.23. The average molecular weight is 175 g/mol. The van der Waals surface area contributed by atoms with Crippen molar-refractivity contribution in [3.63, 3.8) is 0 Å². The van der Waals surface area contributed by atoms with Crippen molar-refractivity contribution in [3.8, 4) is 0 Å². The molecule has 1 aromatic carbocycles. The lowest BCUT2D eigenvalue weighted by atomic mass is 10.2. The molecule has 0 saturated heterocycles. The number of thiophene rings is 1. The molecule has 12 heavy (non-hydrogen) atoms. The zero-order valence-electron chi connectivity index (χ0n) is 6.81. The van der Waals surface area contributed by atoms with Gasteiger partial charge < -0.3 is 0 Å². The third-order valence-electron chi connectivity index (χ3n) is 1.79. The molecule has 0 unspecified atom stereocenters. The standard InChI is InChI=1S/C11H11S/c1-2-6-11(7-3-1)10-12-8-4-5-9-12/h1-9H,10H2/q+1. The van der Waals surface area contributed by atoms with Gasteiger partial charge in [-0.15, -0.1) is 0 Å². The molecule has 1 heteroatoms. The highest BCUT2D eigenvalue weighted by Crippen LogP contribution is 2.21. The largest absolute Gasteiger partial charge is 0.152 e. The third kappa shape index (κ3) is 1.74. The molecule has 0 nitrogen and oxygen atoms in total. The molecule has 0 saturated carbocycles. The number of benzene rings is 1. The molecular formula is C11H11S+. The van der Waals surface area contributed by atoms with Crippen LogP contribution in [0.4, 0.5) is 0 Å². The molecular weight excluding hydrogens is 164 g/mol. The molecule has 0 aliphatic rings. The van der Waals surface area contributed by atoms with Crippen molar-refractivity contribution in [3.05, 3.63) is 58.8 Å². The Hall–Kier alpha value is -1.08. The van der Waals surface area contributed by atoms with Crippen molar-refractivity contribution in [2.45, 2.75) is 5.75 Å². The second-order valence-corrected chi connectivity index (χ2v) is 4.53. The molecule has 0 aliphatic carbocycles. The van der Waals surface area contributed by atoms with Crippen LogP contribution in [0, 0.1) is 0 Å². The molecule has 1 aromatic heterocycles. The molecule has 0 aliphatic heterocycles. The molecule has 0 atom stereocenters. The first-order valence-electron chi connectivity index (χ1n) is 4.02. The van der Waals surface area contributed by atoms with E-state index in [4.69, 9.17) is 0 Å². The summed E-state index contributed by atoms with van der Waals surface area (Å²) in [6.07, 6.45) is 0. The van der Waals surface area contributed by atoms with Crippen molar-refractivity contribution < 1.29 is 0 Å². The third-order valence-corrected chi connectivity index (χ3v) is 3.47. The zero-order chi connectivity index (χ0) is 8.23. The summed E-state index contributed by atoms with van der Waals surface area (Å²) in [5, 5.41) is 4.54. The summed E-state index contributed by atoms with van der Waals surface area (Å²) >= 11 is 0. The van der Waals surface area contributed by atoms with Gasteiger partial charge in [0, 0.05) is 5.56 Å². The van der Waals surface area contributed by atoms with E-state index in [0.29, 0.717) is 10.5 Å². The van der Waals surface area contributed by atoms with Crippen molar-refractivity contribution in [1.82, 2.24) is 0 Å². The lowest BCUT2D eigenvalue weighted by Crippen LogP contribution is -1.76. The summed E-state index contributed by atoms with van der Waals surface area (Å²) in [6, 6.07) is 14.9. The second-order valence-electron chi connectivity index (χ2n) is 2.76. The maximum Gasteiger partial charge on any atom is 0.152 e. The number of hydrogen-bond acceptors (Lipinski definition) is 0. The van der Waals surface area contributed by atoms with E-state index < -0.39 is 0 Å². The van der Waals surface area contributed by atoms with Crippen LogP contribution in [-0.2, 0) is 5.75 Å². The van der Waals surface area contributed by atoms with Gasteiger partial charge in [-0.25, -0.2) is 0 Å². The van der Waals surface area contributed by atoms with Gasteiger partial charge in [0.25, 0.3) is 0 Å². The Labute approximate surface area is 75.5 Å². The van der Waals surface area contributed by atoms with Gasteiger partial charge in [0.1, 0.15) is 10.8 Å². The van der Waals surface area contributed by atoms with E-state index in [1.165, 1.54) is 5.56 Å². The Morgan fingerprint density at radius 2 is 1.50 bits per heavy atom. The molecule has 0 amide bonds. The first-order chi connectivity index (χ1) is 5.95. The fourth-order valence-corrected chi connectivity index (χ4v) is 2.65. The molecule has 0 radical (unpaired) electrons. The van der Waals surface area contributed by atoms with Crippen molar-refractivity contribution >= 4 is 10.5 Å². The van der Waals surface area contributed by atoms with E-state index in [2.05, 4.69) is 53.2 Å². The van der Waals surface area contributed by atoms with Gasteiger partial charge in [0.05, 0.1) is 0 Å². The number of hydrogen-bond donors (Lipinski definition) is 0. The molecule has 0 spiro atoms. The van der Waals surface area contributed by atoms with Gasteiger partial charge >= 0.3 is 0 Å². The maximum absolute atomic E-state index is 2.27. The van der Waals surface area contributed by atoms with Gasteiger partial charge in [0.15, 0.2) is 5.75 Å².